The summed E-state index contributed by atoms with van der Waals surface area (Å²) in [7, 11) is 1.71. The highest BCUT2D eigenvalue weighted by molar-refractivity contribution is 4.68. The molecule has 1 heterocycles. The van der Waals surface area contributed by atoms with Crippen LogP contribution in [0.3, 0.4) is 0 Å². The Morgan fingerprint density at radius 3 is 2.82 bits per heavy atom. The summed E-state index contributed by atoms with van der Waals surface area (Å²) in [4.78, 5) is 0. The molecule has 0 aliphatic carbocycles. The van der Waals surface area contributed by atoms with Crippen LogP contribution in [-0.2, 0) is 9.47 Å². The van der Waals surface area contributed by atoms with E-state index in [-0.39, 0.29) is 0 Å². The Balaban J connectivity index is 1.96. The van der Waals surface area contributed by atoms with Crippen LogP contribution >= 0.6 is 0 Å². The first kappa shape index (κ1) is 8.97. The van der Waals surface area contributed by atoms with Gasteiger partial charge in [-0.25, -0.2) is 5.32 Å². The topological polar surface area (TPSA) is 32.6 Å². The molecule has 65 valence electrons. The van der Waals surface area contributed by atoms with Crippen molar-refractivity contribution in [2.45, 2.75) is 18.9 Å². The number of rotatable bonds is 4. The van der Waals surface area contributed by atoms with Gasteiger partial charge in [0.15, 0.2) is 0 Å². The lowest BCUT2D eigenvalue weighted by atomic mass is 10.1. The Bertz CT molecular complexity index is 92.1. The van der Waals surface area contributed by atoms with Gasteiger partial charge in [-0.2, -0.15) is 0 Å². The van der Waals surface area contributed by atoms with E-state index in [1.54, 1.807) is 7.11 Å². The monoisotopic (exact) mass is 158 g/mol. The lowest BCUT2D eigenvalue weighted by molar-refractivity contribution is 0.0745. The van der Waals surface area contributed by atoms with Gasteiger partial charge in [0.25, 0.3) is 0 Å². The lowest BCUT2D eigenvalue weighted by Crippen LogP contribution is -2.31. The van der Waals surface area contributed by atoms with E-state index in [1.807, 2.05) is 0 Å². The van der Waals surface area contributed by atoms with Gasteiger partial charge in [-0.1, -0.05) is 0 Å². The van der Waals surface area contributed by atoms with Crippen molar-refractivity contribution in [2.75, 3.05) is 33.5 Å². The number of nitrogens with zero attached hydrogens (tertiary/aromatic N) is 1. The van der Waals surface area contributed by atoms with Gasteiger partial charge in [-0.05, 0) is 12.8 Å². The second-order valence-electron chi connectivity index (χ2n) is 2.74. The van der Waals surface area contributed by atoms with Crippen molar-refractivity contribution in [3.05, 3.63) is 0 Å². The van der Waals surface area contributed by atoms with Crippen molar-refractivity contribution in [1.82, 2.24) is 5.32 Å². The first-order valence-electron chi connectivity index (χ1n) is 4.17. The maximum Gasteiger partial charge on any atom is 0.0603 e. The third kappa shape index (κ3) is 3.70. The minimum atomic E-state index is 0.527. The van der Waals surface area contributed by atoms with Crippen molar-refractivity contribution < 1.29 is 9.47 Å². The molecule has 0 unspecified atom stereocenters. The molecule has 0 aromatic rings. The quantitative estimate of drug-likeness (QED) is 0.555. The van der Waals surface area contributed by atoms with Crippen LogP contribution in [0.15, 0.2) is 0 Å². The summed E-state index contributed by atoms with van der Waals surface area (Å²) >= 11 is 0. The largest absolute Gasteiger partial charge is 0.383 e. The minimum absolute atomic E-state index is 0.527. The van der Waals surface area contributed by atoms with Crippen LogP contribution in [0.25, 0.3) is 0 Å². The molecule has 1 aliphatic heterocycles. The highest BCUT2D eigenvalue weighted by Crippen LogP contribution is 2.06. The van der Waals surface area contributed by atoms with Gasteiger partial charge >= 0.3 is 0 Å². The minimum Gasteiger partial charge on any atom is -0.383 e. The van der Waals surface area contributed by atoms with Crippen LogP contribution < -0.4 is 5.32 Å². The molecule has 0 saturated carbocycles. The van der Waals surface area contributed by atoms with Gasteiger partial charge < -0.3 is 9.47 Å². The fraction of sp³-hybridized carbons (Fsp3) is 1.00. The molecule has 3 heteroatoms. The Morgan fingerprint density at radius 1 is 1.45 bits per heavy atom. The van der Waals surface area contributed by atoms with Gasteiger partial charge in [-0.3, -0.25) is 0 Å². The van der Waals surface area contributed by atoms with Crippen LogP contribution in [0.2, 0.25) is 0 Å². The summed E-state index contributed by atoms with van der Waals surface area (Å²) in [6, 6.07) is 0.527. The predicted molar refractivity (Wildman–Crippen MR) is 42.7 cm³/mol. The fourth-order valence-electron chi connectivity index (χ4n) is 1.19. The molecule has 1 aliphatic rings. The van der Waals surface area contributed by atoms with Crippen molar-refractivity contribution >= 4 is 0 Å². The van der Waals surface area contributed by atoms with E-state index in [9.17, 15) is 0 Å². The molecule has 0 aromatic carbocycles. The molecule has 0 aromatic heterocycles. The summed E-state index contributed by atoms with van der Waals surface area (Å²) in [5, 5.41) is 4.47. The van der Waals surface area contributed by atoms with Crippen molar-refractivity contribution in [1.29, 1.82) is 0 Å². The molecule has 0 bridgehead atoms. The average Bonchev–Trinajstić information content (AvgIpc) is 2.07. The van der Waals surface area contributed by atoms with Gasteiger partial charge in [-0.15, -0.1) is 0 Å². The van der Waals surface area contributed by atoms with Gasteiger partial charge in [0.2, 0.25) is 0 Å². The van der Waals surface area contributed by atoms with E-state index in [0.29, 0.717) is 6.04 Å². The van der Waals surface area contributed by atoms with Crippen LogP contribution in [0.1, 0.15) is 12.8 Å². The normalized spacial score (nSPS) is 20.5. The Hall–Kier alpha value is -0.120. The summed E-state index contributed by atoms with van der Waals surface area (Å²) < 4.78 is 10.1. The molecule has 1 radical (unpaired) electrons. The molecule has 0 atom stereocenters. The predicted octanol–water partition coefficient (Wildman–Crippen LogP) is 0.416. The Morgan fingerprint density at radius 2 is 2.18 bits per heavy atom. The van der Waals surface area contributed by atoms with E-state index >= 15 is 0 Å². The zero-order valence-electron chi connectivity index (χ0n) is 7.08. The molecular formula is C8H16NO2. The number of ether oxygens (including phenoxy) is 2. The number of hydrogen-bond acceptors (Lipinski definition) is 2. The molecular weight excluding hydrogens is 142 g/mol. The first-order valence-corrected chi connectivity index (χ1v) is 4.17. The Labute approximate surface area is 68.1 Å². The van der Waals surface area contributed by atoms with Crippen LogP contribution in [0.4, 0.5) is 0 Å². The molecule has 0 amide bonds. The lowest BCUT2D eigenvalue weighted by Gasteiger charge is -2.21. The molecule has 1 fully saturated rings. The summed E-state index contributed by atoms with van der Waals surface area (Å²) in [6.45, 7) is 3.33. The Kier molecular flexibility index (Phi) is 4.50. The average molecular weight is 158 g/mol. The van der Waals surface area contributed by atoms with Crippen molar-refractivity contribution in [3.63, 3.8) is 0 Å². The maximum atomic E-state index is 5.21. The third-order valence-corrected chi connectivity index (χ3v) is 1.87. The van der Waals surface area contributed by atoms with Crippen molar-refractivity contribution in [3.8, 4) is 0 Å². The number of hydrogen-bond donors (Lipinski definition) is 0. The van der Waals surface area contributed by atoms with Crippen LogP contribution in [0.5, 0.6) is 0 Å². The third-order valence-electron chi connectivity index (χ3n) is 1.87. The van der Waals surface area contributed by atoms with Crippen LogP contribution in [0, 0.1) is 0 Å². The zero-order valence-corrected chi connectivity index (χ0v) is 7.08. The van der Waals surface area contributed by atoms with Crippen molar-refractivity contribution in [2.24, 2.45) is 0 Å². The van der Waals surface area contributed by atoms with Gasteiger partial charge in [0.1, 0.15) is 0 Å². The fourth-order valence-corrected chi connectivity index (χ4v) is 1.19. The van der Waals surface area contributed by atoms with E-state index < -0.39 is 0 Å². The number of methoxy groups -OCH3 is 1. The molecule has 3 nitrogen and oxygen atoms in total. The zero-order chi connectivity index (χ0) is 7.94. The maximum absolute atomic E-state index is 5.21. The van der Waals surface area contributed by atoms with Gasteiger partial charge in [0, 0.05) is 32.9 Å². The molecule has 0 spiro atoms. The first-order chi connectivity index (χ1) is 5.43. The molecule has 1 saturated heterocycles. The highest BCUT2D eigenvalue weighted by atomic mass is 16.5. The molecule has 0 N–H and O–H groups in total. The second-order valence-corrected chi connectivity index (χ2v) is 2.74. The van der Waals surface area contributed by atoms with Crippen LogP contribution in [-0.4, -0.2) is 39.5 Å². The summed E-state index contributed by atoms with van der Waals surface area (Å²) in [5.41, 5.74) is 0. The summed E-state index contributed by atoms with van der Waals surface area (Å²) in [6.07, 6.45) is 2.17. The highest BCUT2D eigenvalue weighted by Gasteiger charge is 2.12. The van der Waals surface area contributed by atoms with Gasteiger partial charge in [0.05, 0.1) is 6.61 Å². The molecule has 1 rings (SSSR count). The smallest absolute Gasteiger partial charge is 0.0603 e. The van der Waals surface area contributed by atoms with E-state index in [1.165, 1.54) is 0 Å². The summed E-state index contributed by atoms with van der Waals surface area (Å²) in [5.74, 6) is 0. The molecule has 11 heavy (non-hydrogen) atoms. The standard InChI is InChI=1S/C8H16NO2/c1-10-7-4-9-8-2-5-11-6-3-8/h8H,2-7H2,1H3. The van der Waals surface area contributed by atoms with E-state index in [2.05, 4.69) is 5.32 Å². The SMILES string of the molecule is COCC[N]C1CCOCC1. The second kappa shape index (κ2) is 5.52. The van der Waals surface area contributed by atoms with E-state index in [0.717, 1.165) is 39.2 Å². The van der Waals surface area contributed by atoms with E-state index in [4.69, 9.17) is 9.47 Å².